The smallest absolute Gasteiger partial charge is 0.0556 e. The highest BCUT2D eigenvalue weighted by Gasteiger charge is 1.76. The predicted molar refractivity (Wildman–Crippen MR) is 43.7 cm³/mol. The molecule has 0 rings (SSSR count). The molecule has 0 aliphatic rings. The zero-order chi connectivity index (χ0) is 7.11. The van der Waals surface area contributed by atoms with Gasteiger partial charge in [-0.3, -0.25) is 4.99 Å². The molecule has 0 saturated heterocycles. The van der Waals surface area contributed by atoms with Gasteiger partial charge in [0.15, 0.2) is 0 Å². The number of hydrogen-bond acceptors (Lipinski definition) is 4. The minimum atomic E-state index is 0.548. The Labute approximate surface area is 60.2 Å². The fourth-order valence-electron chi connectivity index (χ4n) is 0.278. The van der Waals surface area contributed by atoms with E-state index in [-0.39, 0.29) is 0 Å². The SMILES string of the molecule is NCC/N=C/C(N)=C/S. The van der Waals surface area contributed by atoms with Crippen LogP contribution in [0.1, 0.15) is 0 Å². The second kappa shape index (κ2) is 5.65. The molecule has 0 radical (unpaired) electrons. The second-order valence-electron chi connectivity index (χ2n) is 1.45. The standard InChI is InChI=1S/C5H11N3S/c6-1-2-8-3-5(7)4-9/h3-4,9H,1-2,6-7H2/b5-4-,8-3+. The van der Waals surface area contributed by atoms with Crippen LogP contribution in [0.5, 0.6) is 0 Å². The molecule has 0 heterocycles. The van der Waals surface area contributed by atoms with Crippen LogP contribution < -0.4 is 11.5 Å². The van der Waals surface area contributed by atoms with Gasteiger partial charge in [0, 0.05) is 12.8 Å². The molecule has 0 aliphatic carbocycles. The van der Waals surface area contributed by atoms with Crippen molar-refractivity contribution < 1.29 is 0 Å². The van der Waals surface area contributed by atoms with Crippen molar-refractivity contribution in [2.45, 2.75) is 0 Å². The summed E-state index contributed by atoms with van der Waals surface area (Å²) in [7, 11) is 0. The van der Waals surface area contributed by atoms with Crippen molar-refractivity contribution in [3.05, 3.63) is 11.1 Å². The first-order chi connectivity index (χ1) is 4.31. The first-order valence-corrected chi connectivity index (χ1v) is 3.12. The van der Waals surface area contributed by atoms with Gasteiger partial charge in [0.05, 0.1) is 12.2 Å². The maximum atomic E-state index is 5.31. The van der Waals surface area contributed by atoms with Crippen LogP contribution >= 0.6 is 12.6 Å². The molecule has 0 atom stereocenters. The predicted octanol–water partition coefficient (Wildman–Crippen LogP) is -0.254. The third kappa shape index (κ3) is 5.39. The van der Waals surface area contributed by atoms with Gasteiger partial charge in [0.1, 0.15) is 0 Å². The molecular formula is C5H11N3S. The Bertz CT molecular complexity index is 119. The fourth-order valence-corrected chi connectivity index (χ4v) is 0.344. The summed E-state index contributed by atoms with van der Waals surface area (Å²) in [4.78, 5) is 3.87. The van der Waals surface area contributed by atoms with Gasteiger partial charge in [-0.15, -0.1) is 12.6 Å². The molecule has 0 spiro atoms. The molecule has 0 aromatic rings. The van der Waals surface area contributed by atoms with E-state index in [1.807, 2.05) is 0 Å². The van der Waals surface area contributed by atoms with E-state index in [1.54, 1.807) is 6.21 Å². The Morgan fingerprint density at radius 2 is 2.33 bits per heavy atom. The average Bonchev–Trinajstić information content (AvgIpc) is 1.89. The molecule has 0 fully saturated rings. The summed E-state index contributed by atoms with van der Waals surface area (Å²) in [6.07, 6.45) is 1.54. The van der Waals surface area contributed by atoms with E-state index in [0.29, 0.717) is 18.8 Å². The molecule has 0 amide bonds. The van der Waals surface area contributed by atoms with E-state index < -0.39 is 0 Å². The van der Waals surface area contributed by atoms with E-state index in [9.17, 15) is 0 Å². The summed E-state index contributed by atoms with van der Waals surface area (Å²) in [5, 5.41) is 1.49. The van der Waals surface area contributed by atoms with Crippen LogP contribution in [0.15, 0.2) is 16.1 Å². The Morgan fingerprint density at radius 1 is 1.67 bits per heavy atom. The van der Waals surface area contributed by atoms with E-state index in [4.69, 9.17) is 11.5 Å². The summed E-state index contributed by atoms with van der Waals surface area (Å²) in [5.41, 5.74) is 11.0. The highest BCUT2D eigenvalue weighted by Crippen LogP contribution is 1.81. The first-order valence-electron chi connectivity index (χ1n) is 2.61. The lowest BCUT2D eigenvalue weighted by atomic mass is 10.5. The Kier molecular flexibility index (Phi) is 5.35. The highest BCUT2D eigenvalue weighted by atomic mass is 32.1. The van der Waals surface area contributed by atoms with E-state index in [2.05, 4.69) is 17.6 Å². The molecule has 4 heteroatoms. The lowest BCUT2D eigenvalue weighted by Crippen LogP contribution is -2.04. The van der Waals surface area contributed by atoms with Gasteiger partial charge in [-0.25, -0.2) is 0 Å². The molecule has 0 saturated carbocycles. The molecule has 4 N–H and O–H groups in total. The minimum absolute atomic E-state index is 0.548. The maximum Gasteiger partial charge on any atom is 0.0556 e. The molecule has 0 aliphatic heterocycles. The van der Waals surface area contributed by atoms with Gasteiger partial charge in [-0.2, -0.15) is 0 Å². The number of allylic oxidation sites excluding steroid dienone is 1. The van der Waals surface area contributed by atoms with Crippen molar-refractivity contribution in [3.63, 3.8) is 0 Å². The normalized spacial score (nSPS) is 12.9. The van der Waals surface area contributed by atoms with E-state index in [1.165, 1.54) is 5.41 Å². The number of hydrogen-bond donors (Lipinski definition) is 3. The van der Waals surface area contributed by atoms with Crippen molar-refractivity contribution >= 4 is 18.8 Å². The number of rotatable bonds is 3. The van der Waals surface area contributed by atoms with Crippen molar-refractivity contribution in [1.29, 1.82) is 0 Å². The van der Waals surface area contributed by atoms with Gasteiger partial charge in [0.25, 0.3) is 0 Å². The van der Waals surface area contributed by atoms with Gasteiger partial charge < -0.3 is 11.5 Å². The van der Waals surface area contributed by atoms with E-state index >= 15 is 0 Å². The largest absolute Gasteiger partial charge is 0.397 e. The van der Waals surface area contributed by atoms with Crippen molar-refractivity contribution in [3.8, 4) is 0 Å². The van der Waals surface area contributed by atoms with Crippen LogP contribution in [-0.4, -0.2) is 19.3 Å². The van der Waals surface area contributed by atoms with Gasteiger partial charge in [-0.1, -0.05) is 0 Å². The lowest BCUT2D eigenvalue weighted by Gasteiger charge is -1.87. The van der Waals surface area contributed by atoms with Crippen molar-refractivity contribution in [1.82, 2.24) is 0 Å². The molecule has 52 valence electrons. The van der Waals surface area contributed by atoms with Crippen LogP contribution in [0.2, 0.25) is 0 Å². The van der Waals surface area contributed by atoms with Crippen molar-refractivity contribution in [2.75, 3.05) is 13.1 Å². The van der Waals surface area contributed by atoms with Crippen molar-refractivity contribution in [2.24, 2.45) is 16.5 Å². The third-order valence-electron chi connectivity index (χ3n) is 0.648. The molecule has 0 aromatic heterocycles. The highest BCUT2D eigenvalue weighted by molar-refractivity contribution is 7.83. The molecule has 0 aromatic carbocycles. The number of nitrogens with two attached hydrogens (primary N) is 2. The maximum absolute atomic E-state index is 5.31. The monoisotopic (exact) mass is 145 g/mol. The quantitative estimate of drug-likeness (QED) is 0.378. The molecule has 0 bridgehead atoms. The second-order valence-corrected chi connectivity index (χ2v) is 1.71. The summed E-state index contributed by atoms with van der Waals surface area (Å²) >= 11 is 3.81. The minimum Gasteiger partial charge on any atom is -0.397 e. The Balaban J connectivity index is 3.45. The van der Waals surface area contributed by atoms with Crippen LogP contribution in [0.3, 0.4) is 0 Å². The van der Waals surface area contributed by atoms with Crippen LogP contribution in [0, 0.1) is 0 Å². The Morgan fingerprint density at radius 3 is 2.78 bits per heavy atom. The van der Waals surface area contributed by atoms with Crippen LogP contribution in [0.4, 0.5) is 0 Å². The number of nitrogens with zero attached hydrogens (tertiary/aromatic N) is 1. The van der Waals surface area contributed by atoms with Gasteiger partial charge >= 0.3 is 0 Å². The van der Waals surface area contributed by atoms with Crippen LogP contribution in [-0.2, 0) is 0 Å². The molecular weight excluding hydrogens is 134 g/mol. The van der Waals surface area contributed by atoms with Gasteiger partial charge in [-0.05, 0) is 5.41 Å². The fraction of sp³-hybridized carbons (Fsp3) is 0.400. The average molecular weight is 145 g/mol. The number of aliphatic imine (C=N–C) groups is 1. The lowest BCUT2D eigenvalue weighted by molar-refractivity contribution is 0.980. The molecule has 0 unspecified atom stereocenters. The topological polar surface area (TPSA) is 64.4 Å². The van der Waals surface area contributed by atoms with Crippen LogP contribution in [0.25, 0.3) is 0 Å². The molecule has 3 nitrogen and oxygen atoms in total. The summed E-state index contributed by atoms with van der Waals surface area (Å²) in [6.45, 7) is 1.17. The van der Waals surface area contributed by atoms with E-state index in [0.717, 1.165) is 0 Å². The third-order valence-corrected chi connectivity index (χ3v) is 0.946. The molecule has 9 heavy (non-hydrogen) atoms. The summed E-state index contributed by atoms with van der Waals surface area (Å²) in [6, 6.07) is 0. The first kappa shape index (κ1) is 8.52. The zero-order valence-electron chi connectivity index (χ0n) is 5.12. The number of thiol groups is 1. The zero-order valence-corrected chi connectivity index (χ0v) is 6.01. The summed E-state index contributed by atoms with van der Waals surface area (Å²) < 4.78 is 0. The van der Waals surface area contributed by atoms with Gasteiger partial charge in [0.2, 0.25) is 0 Å². The summed E-state index contributed by atoms with van der Waals surface area (Å²) in [5.74, 6) is 0. The Hall–Kier alpha value is -0.480.